The first-order valence-electron chi connectivity index (χ1n) is 6.48. The van der Waals surface area contributed by atoms with E-state index in [2.05, 4.69) is 31.9 Å². The van der Waals surface area contributed by atoms with Gasteiger partial charge in [0, 0.05) is 8.95 Å². The van der Waals surface area contributed by atoms with Crippen LogP contribution < -0.4 is 5.73 Å². The molecule has 2 nitrogen and oxygen atoms in total. The number of nitrogens with two attached hydrogens (primary N) is 1. The number of benzene rings is 1. The number of aliphatic hydroxyl groups is 1. The third kappa shape index (κ3) is 3.35. The van der Waals surface area contributed by atoms with Crippen LogP contribution in [0.2, 0.25) is 0 Å². The van der Waals surface area contributed by atoms with Gasteiger partial charge in [-0.25, -0.2) is 0 Å². The lowest BCUT2D eigenvalue weighted by atomic mass is 9.81. The number of aliphatic hydroxyl groups excluding tert-OH is 1. The molecule has 0 radical (unpaired) electrons. The molecule has 3 N–H and O–H groups in total. The predicted octanol–water partition coefficient (Wildman–Crippen LogP) is 4.15. The maximum absolute atomic E-state index is 10.4. The Morgan fingerprint density at radius 3 is 2.39 bits per heavy atom. The summed E-state index contributed by atoms with van der Waals surface area (Å²) in [5.74, 6) is 0.358. The first-order chi connectivity index (χ1) is 8.59. The molecule has 0 amide bonds. The third-order valence-corrected chi connectivity index (χ3v) is 5.71. The third-order valence-electron chi connectivity index (χ3n) is 3.83. The number of hydrogen-bond donors (Lipinski definition) is 2. The van der Waals surface area contributed by atoms with Crippen LogP contribution in [0.25, 0.3) is 0 Å². The maximum atomic E-state index is 10.4. The number of hydrogen-bond acceptors (Lipinski definition) is 2. The molecule has 1 aromatic rings. The standard InChI is InChI=1S/C14H19Br2NO/c15-11-7-6-10(8-12(11)16)13(17)14(18)9-4-2-1-3-5-9/h6-9,13-14,18H,1-5,17H2/t13-,14+/m0/s1. The zero-order valence-corrected chi connectivity index (χ0v) is 13.5. The van der Waals surface area contributed by atoms with Crippen LogP contribution in [-0.4, -0.2) is 11.2 Å². The molecule has 0 aliphatic heterocycles. The smallest absolute Gasteiger partial charge is 0.0760 e. The molecule has 2 atom stereocenters. The molecule has 2 rings (SSSR count). The van der Waals surface area contributed by atoms with Crippen molar-refractivity contribution >= 4 is 31.9 Å². The average Bonchev–Trinajstić information content (AvgIpc) is 2.41. The molecule has 18 heavy (non-hydrogen) atoms. The summed E-state index contributed by atoms with van der Waals surface area (Å²) in [7, 11) is 0. The van der Waals surface area contributed by atoms with Gasteiger partial charge in [0.15, 0.2) is 0 Å². The van der Waals surface area contributed by atoms with Gasteiger partial charge in [-0.2, -0.15) is 0 Å². The minimum absolute atomic E-state index is 0.294. The van der Waals surface area contributed by atoms with Crippen LogP contribution in [0, 0.1) is 5.92 Å². The maximum Gasteiger partial charge on any atom is 0.0760 e. The Hall–Kier alpha value is 0.1000. The van der Waals surface area contributed by atoms with Crippen molar-refractivity contribution in [1.82, 2.24) is 0 Å². The summed E-state index contributed by atoms with van der Waals surface area (Å²) in [6.07, 6.45) is 5.51. The van der Waals surface area contributed by atoms with Crippen LogP contribution in [0.15, 0.2) is 27.1 Å². The summed E-state index contributed by atoms with van der Waals surface area (Å²) in [6.45, 7) is 0. The fourth-order valence-electron chi connectivity index (χ4n) is 2.69. The highest BCUT2D eigenvalue weighted by Crippen LogP contribution is 2.33. The van der Waals surface area contributed by atoms with Gasteiger partial charge in [-0.05, 0) is 68.3 Å². The van der Waals surface area contributed by atoms with Gasteiger partial charge in [-0.15, -0.1) is 0 Å². The second kappa shape index (κ2) is 6.51. The van der Waals surface area contributed by atoms with Gasteiger partial charge in [-0.3, -0.25) is 0 Å². The van der Waals surface area contributed by atoms with E-state index in [1.54, 1.807) is 0 Å². The Kier molecular flexibility index (Phi) is 5.24. The molecular weight excluding hydrogens is 358 g/mol. The van der Waals surface area contributed by atoms with Crippen molar-refractivity contribution in [3.63, 3.8) is 0 Å². The monoisotopic (exact) mass is 375 g/mol. The Morgan fingerprint density at radius 2 is 1.78 bits per heavy atom. The van der Waals surface area contributed by atoms with Crippen molar-refractivity contribution in [3.05, 3.63) is 32.7 Å². The van der Waals surface area contributed by atoms with Gasteiger partial charge in [0.05, 0.1) is 12.1 Å². The Morgan fingerprint density at radius 1 is 1.11 bits per heavy atom. The Balaban J connectivity index is 2.09. The lowest BCUT2D eigenvalue weighted by Gasteiger charge is -2.30. The SMILES string of the molecule is N[C@@H](c1ccc(Br)c(Br)c1)[C@H](O)C1CCCCC1. The van der Waals surface area contributed by atoms with Crippen LogP contribution >= 0.6 is 31.9 Å². The van der Waals surface area contributed by atoms with Gasteiger partial charge >= 0.3 is 0 Å². The van der Waals surface area contributed by atoms with Gasteiger partial charge in [0.1, 0.15) is 0 Å². The minimum Gasteiger partial charge on any atom is -0.391 e. The first-order valence-corrected chi connectivity index (χ1v) is 8.07. The van der Waals surface area contributed by atoms with Crippen LogP contribution in [0.1, 0.15) is 43.7 Å². The summed E-state index contributed by atoms with van der Waals surface area (Å²) in [5.41, 5.74) is 7.19. The molecule has 1 fully saturated rings. The van der Waals surface area contributed by atoms with E-state index >= 15 is 0 Å². The van der Waals surface area contributed by atoms with Crippen molar-refractivity contribution in [3.8, 4) is 0 Å². The van der Waals surface area contributed by atoms with Gasteiger partial charge < -0.3 is 10.8 Å². The highest BCUT2D eigenvalue weighted by atomic mass is 79.9. The molecule has 0 saturated heterocycles. The second-order valence-electron chi connectivity index (χ2n) is 5.09. The molecule has 100 valence electrons. The Labute approximate surface area is 125 Å². The summed E-state index contributed by atoms with van der Waals surface area (Å²) >= 11 is 6.92. The molecule has 0 heterocycles. The van der Waals surface area contributed by atoms with Gasteiger partial charge in [0.2, 0.25) is 0 Å². The van der Waals surface area contributed by atoms with Crippen LogP contribution in [-0.2, 0) is 0 Å². The van der Waals surface area contributed by atoms with Crippen LogP contribution in [0.4, 0.5) is 0 Å². The number of rotatable bonds is 3. The second-order valence-corrected chi connectivity index (χ2v) is 6.80. The molecular formula is C14H19Br2NO. The molecule has 1 aliphatic carbocycles. The molecule has 0 spiro atoms. The minimum atomic E-state index is -0.432. The van der Waals surface area contributed by atoms with E-state index in [1.165, 1.54) is 19.3 Å². The lowest BCUT2D eigenvalue weighted by Crippen LogP contribution is -2.34. The largest absolute Gasteiger partial charge is 0.391 e. The lowest BCUT2D eigenvalue weighted by molar-refractivity contribution is 0.0618. The van der Waals surface area contributed by atoms with Crippen molar-refractivity contribution in [2.24, 2.45) is 11.7 Å². The molecule has 1 aromatic carbocycles. The normalized spacial score (nSPS) is 20.7. The quantitative estimate of drug-likeness (QED) is 0.832. The summed E-state index contributed by atoms with van der Waals surface area (Å²) in [5, 5.41) is 10.4. The fraction of sp³-hybridized carbons (Fsp3) is 0.571. The van der Waals surface area contributed by atoms with Gasteiger partial charge in [0.25, 0.3) is 0 Å². The molecule has 4 heteroatoms. The van der Waals surface area contributed by atoms with Crippen LogP contribution in [0.3, 0.4) is 0 Å². The highest BCUT2D eigenvalue weighted by molar-refractivity contribution is 9.13. The summed E-state index contributed by atoms with van der Waals surface area (Å²) in [4.78, 5) is 0. The Bertz CT molecular complexity index is 405. The topological polar surface area (TPSA) is 46.2 Å². The fourth-order valence-corrected chi connectivity index (χ4v) is 3.33. The first kappa shape index (κ1) is 14.5. The van der Waals surface area contributed by atoms with E-state index in [0.717, 1.165) is 27.4 Å². The van der Waals surface area contributed by atoms with E-state index in [9.17, 15) is 5.11 Å². The zero-order valence-electron chi connectivity index (χ0n) is 10.3. The molecule has 1 aliphatic rings. The molecule has 0 aromatic heterocycles. The van der Waals surface area contributed by atoms with Crippen molar-refractivity contribution in [2.45, 2.75) is 44.2 Å². The van der Waals surface area contributed by atoms with E-state index < -0.39 is 6.10 Å². The number of halogens is 2. The molecule has 0 bridgehead atoms. The van der Waals surface area contributed by atoms with E-state index in [0.29, 0.717) is 5.92 Å². The average molecular weight is 377 g/mol. The summed E-state index contributed by atoms with van der Waals surface area (Å²) < 4.78 is 1.98. The van der Waals surface area contributed by atoms with Gasteiger partial charge in [-0.1, -0.05) is 25.3 Å². The molecule has 0 unspecified atom stereocenters. The van der Waals surface area contributed by atoms with Crippen LogP contribution in [0.5, 0.6) is 0 Å². The van der Waals surface area contributed by atoms with Crippen molar-refractivity contribution < 1.29 is 5.11 Å². The van der Waals surface area contributed by atoms with Crippen molar-refractivity contribution in [2.75, 3.05) is 0 Å². The zero-order chi connectivity index (χ0) is 13.1. The van der Waals surface area contributed by atoms with E-state index in [4.69, 9.17) is 5.73 Å². The van der Waals surface area contributed by atoms with E-state index in [1.807, 2.05) is 18.2 Å². The highest BCUT2D eigenvalue weighted by Gasteiger charge is 2.27. The van der Waals surface area contributed by atoms with Crippen molar-refractivity contribution in [1.29, 1.82) is 0 Å². The predicted molar refractivity (Wildman–Crippen MR) is 81.4 cm³/mol. The molecule has 1 saturated carbocycles. The summed E-state index contributed by atoms with van der Waals surface area (Å²) in [6, 6.07) is 5.64. The van der Waals surface area contributed by atoms with E-state index in [-0.39, 0.29) is 6.04 Å².